The van der Waals surface area contributed by atoms with Gasteiger partial charge in [0.05, 0.1) is 12.5 Å². The Morgan fingerprint density at radius 3 is 2.64 bits per heavy atom. The zero-order chi connectivity index (χ0) is 27.7. The molecule has 39 heavy (non-hydrogen) atoms. The van der Waals surface area contributed by atoms with Crippen LogP contribution >= 0.6 is 0 Å². The molecule has 1 saturated heterocycles. The Bertz CT molecular complexity index is 1450. The van der Waals surface area contributed by atoms with E-state index in [1.807, 2.05) is 12.1 Å². The first-order valence-corrected chi connectivity index (χ1v) is 12.7. The number of hydrogen-bond donors (Lipinski definition) is 3. The van der Waals surface area contributed by atoms with Gasteiger partial charge >= 0.3 is 0 Å². The van der Waals surface area contributed by atoms with Crippen molar-refractivity contribution in [3.63, 3.8) is 0 Å². The summed E-state index contributed by atoms with van der Waals surface area (Å²) in [6.07, 6.45) is 1.05. The number of rotatable bonds is 8. The quantitative estimate of drug-likeness (QED) is 0.403. The Morgan fingerprint density at radius 1 is 1.26 bits per heavy atom. The van der Waals surface area contributed by atoms with Crippen LogP contribution in [0.4, 0.5) is 14.6 Å². The molecule has 2 atom stereocenters. The number of nitriles is 1. The van der Waals surface area contributed by atoms with Crippen molar-refractivity contribution in [1.29, 1.82) is 5.26 Å². The molecule has 2 aromatic carbocycles. The Kier molecular flexibility index (Phi) is 7.06. The first-order valence-electron chi connectivity index (χ1n) is 12.7. The Labute approximate surface area is 223 Å². The normalized spacial score (nSPS) is 21.3. The standard InChI is InChI=1S/C28H28F2N6O3/c29-22-13-20(17-4-2-1-3-5-17)23(37)12-19(22)14-35-11-9-28(8-10-31,24(30)16-35)36-15-21(25(32)38)26(34-36)33-27(39)18-6-7-18/h1-5,12-13,15,18,24,37H,6-9,11,14,16H2,(H2,32,38)(H,33,34,39). The zero-order valence-electron chi connectivity index (χ0n) is 21.1. The molecule has 202 valence electrons. The highest BCUT2D eigenvalue weighted by atomic mass is 19.1. The molecule has 2 fully saturated rings. The summed E-state index contributed by atoms with van der Waals surface area (Å²) in [4.78, 5) is 26.0. The van der Waals surface area contributed by atoms with Gasteiger partial charge in [0.1, 0.15) is 28.8 Å². The smallest absolute Gasteiger partial charge is 0.254 e. The van der Waals surface area contributed by atoms with Crippen molar-refractivity contribution in [3.05, 3.63) is 65.6 Å². The highest BCUT2D eigenvalue weighted by Crippen LogP contribution is 2.38. The van der Waals surface area contributed by atoms with Crippen LogP contribution in [0, 0.1) is 23.1 Å². The lowest BCUT2D eigenvalue weighted by atomic mass is 9.83. The van der Waals surface area contributed by atoms with Gasteiger partial charge in [-0.3, -0.25) is 19.2 Å². The number of nitrogens with one attached hydrogen (secondary N) is 1. The fraction of sp³-hybridized carbons (Fsp3) is 0.357. The van der Waals surface area contributed by atoms with Crippen LogP contribution in [-0.4, -0.2) is 50.9 Å². The van der Waals surface area contributed by atoms with Crippen molar-refractivity contribution in [2.24, 2.45) is 11.7 Å². The number of anilines is 1. The number of piperidine rings is 1. The van der Waals surface area contributed by atoms with Gasteiger partial charge < -0.3 is 16.2 Å². The molecule has 0 radical (unpaired) electrons. The van der Waals surface area contributed by atoms with Crippen LogP contribution in [0.15, 0.2) is 48.7 Å². The largest absolute Gasteiger partial charge is 0.507 e. The van der Waals surface area contributed by atoms with Crippen LogP contribution in [0.1, 0.15) is 41.6 Å². The average molecular weight is 535 g/mol. The van der Waals surface area contributed by atoms with Crippen LogP contribution < -0.4 is 11.1 Å². The van der Waals surface area contributed by atoms with Crippen LogP contribution in [0.25, 0.3) is 11.1 Å². The number of benzene rings is 2. The predicted octanol–water partition coefficient (Wildman–Crippen LogP) is 3.70. The van der Waals surface area contributed by atoms with Crippen molar-refractivity contribution in [2.45, 2.75) is 43.9 Å². The lowest BCUT2D eigenvalue weighted by Crippen LogP contribution is -2.54. The number of carbonyl (C=O) groups is 2. The number of likely N-dealkylation sites (tertiary alicyclic amines) is 1. The maximum atomic E-state index is 15.9. The van der Waals surface area contributed by atoms with E-state index >= 15 is 8.78 Å². The van der Waals surface area contributed by atoms with Gasteiger partial charge in [-0.1, -0.05) is 30.3 Å². The molecule has 1 aliphatic carbocycles. The van der Waals surface area contributed by atoms with Crippen LogP contribution in [0.3, 0.4) is 0 Å². The summed E-state index contributed by atoms with van der Waals surface area (Å²) < 4.78 is 32.2. The number of carbonyl (C=O) groups excluding carboxylic acids is 2. The second kappa shape index (κ2) is 10.5. The second-order valence-corrected chi connectivity index (χ2v) is 10.2. The van der Waals surface area contributed by atoms with Crippen molar-refractivity contribution >= 4 is 17.6 Å². The van der Waals surface area contributed by atoms with Crippen molar-refractivity contribution in [2.75, 3.05) is 18.4 Å². The third-order valence-corrected chi connectivity index (χ3v) is 7.52. The van der Waals surface area contributed by atoms with Gasteiger partial charge in [0.15, 0.2) is 5.82 Å². The van der Waals surface area contributed by atoms with Gasteiger partial charge in [0, 0.05) is 42.9 Å². The fourth-order valence-electron chi connectivity index (χ4n) is 5.07. The molecular formula is C28H28F2N6O3. The molecule has 5 rings (SSSR count). The molecule has 3 aromatic rings. The Hall–Kier alpha value is -4.30. The monoisotopic (exact) mass is 534 g/mol. The number of hydrogen-bond acceptors (Lipinski definition) is 6. The molecule has 2 amide bonds. The second-order valence-electron chi connectivity index (χ2n) is 10.2. The summed E-state index contributed by atoms with van der Waals surface area (Å²) in [5, 5.41) is 27.0. The van der Waals surface area contributed by atoms with Crippen molar-refractivity contribution in [3.8, 4) is 22.9 Å². The summed E-state index contributed by atoms with van der Waals surface area (Å²) in [5.74, 6) is -1.93. The Balaban J connectivity index is 1.36. The number of alkyl halides is 1. The summed E-state index contributed by atoms with van der Waals surface area (Å²) in [6.45, 7) is 0.196. The van der Waals surface area contributed by atoms with Crippen LogP contribution in [0.5, 0.6) is 5.75 Å². The molecule has 2 aliphatic rings. The van der Waals surface area contributed by atoms with Gasteiger partial charge in [0.2, 0.25) is 5.91 Å². The number of nitrogens with two attached hydrogens (primary N) is 1. The first-order chi connectivity index (χ1) is 18.7. The highest BCUT2D eigenvalue weighted by Gasteiger charge is 2.47. The number of aromatic hydroxyl groups is 1. The molecule has 0 bridgehead atoms. The molecule has 1 saturated carbocycles. The topological polar surface area (TPSA) is 137 Å². The summed E-state index contributed by atoms with van der Waals surface area (Å²) in [5.41, 5.74) is 5.27. The van der Waals surface area contributed by atoms with Gasteiger partial charge in [0.25, 0.3) is 5.91 Å². The minimum atomic E-state index is -1.61. The van der Waals surface area contributed by atoms with E-state index in [4.69, 9.17) is 5.73 Å². The minimum absolute atomic E-state index is 0.0475. The highest BCUT2D eigenvalue weighted by molar-refractivity contribution is 6.02. The van der Waals surface area contributed by atoms with Gasteiger partial charge in [-0.25, -0.2) is 8.78 Å². The third-order valence-electron chi connectivity index (χ3n) is 7.52. The van der Waals surface area contributed by atoms with Crippen LogP contribution in [0.2, 0.25) is 0 Å². The number of aromatic nitrogens is 2. The summed E-state index contributed by atoms with van der Waals surface area (Å²) in [7, 11) is 0. The van der Waals surface area contributed by atoms with E-state index in [-0.39, 0.29) is 67.0 Å². The molecule has 11 heteroatoms. The number of halogens is 2. The molecule has 4 N–H and O–H groups in total. The number of phenolic OH excluding ortho intramolecular Hbond substituents is 1. The maximum Gasteiger partial charge on any atom is 0.254 e. The lowest BCUT2D eigenvalue weighted by Gasteiger charge is -2.43. The van der Waals surface area contributed by atoms with Crippen molar-refractivity contribution in [1.82, 2.24) is 14.7 Å². The molecule has 1 aliphatic heterocycles. The third kappa shape index (κ3) is 5.20. The van der Waals surface area contributed by atoms with E-state index in [2.05, 4.69) is 10.4 Å². The van der Waals surface area contributed by atoms with Crippen LogP contribution in [-0.2, 0) is 16.9 Å². The van der Waals surface area contributed by atoms with E-state index in [1.165, 1.54) is 23.0 Å². The Morgan fingerprint density at radius 2 is 2.00 bits per heavy atom. The van der Waals surface area contributed by atoms with Crippen molar-refractivity contribution < 1.29 is 23.5 Å². The number of phenols is 1. The zero-order valence-corrected chi connectivity index (χ0v) is 21.1. The molecular weight excluding hydrogens is 506 g/mol. The number of nitrogens with zero attached hydrogens (tertiary/aromatic N) is 4. The van der Waals surface area contributed by atoms with E-state index in [1.54, 1.807) is 29.2 Å². The van der Waals surface area contributed by atoms with Gasteiger partial charge in [-0.15, -0.1) is 0 Å². The fourth-order valence-corrected chi connectivity index (χ4v) is 5.07. The molecule has 2 unspecified atom stereocenters. The minimum Gasteiger partial charge on any atom is -0.507 e. The van der Waals surface area contributed by atoms with Gasteiger partial charge in [-0.2, -0.15) is 10.4 Å². The SMILES string of the molecule is N#CCC1(n2cc(C(N)=O)c(NC(=O)C3CC3)n2)CCN(Cc2cc(O)c(-c3ccccc3)cc2F)CC1F. The van der Waals surface area contributed by atoms with E-state index in [9.17, 15) is 20.0 Å². The molecule has 0 spiro atoms. The van der Waals surface area contributed by atoms with Gasteiger partial charge in [-0.05, 0) is 37.0 Å². The molecule has 2 heterocycles. The van der Waals surface area contributed by atoms with E-state index in [0.29, 0.717) is 11.1 Å². The molecule has 1 aromatic heterocycles. The first kappa shape index (κ1) is 26.3. The molecule has 9 nitrogen and oxygen atoms in total. The summed E-state index contributed by atoms with van der Waals surface area (Å²) >= 11 is 0. The predicted molar refractivity (Wildman–Crippen MR) is 139 cm³/mol. The summed E-state index contributed by atoms with van der Waals surface area (Å²) in [6, 6.07) is 13.6. The number of amides is 2. The maximum absolute atomic E-state index is 15.9. The van der Waals surface area contributed by atoms with E-state index < -0.39 is 23.4 Å². The lowest BCUT2D eigenvalue weighted by molar-refractivity contribution is -0.117. The van der Waals surface area contributed by atoms with E-state index in [0.717, 1.165) is 12.8 Å². The number of primary amides is 1. The average Bonchev–Trinajstić information content (AvgIpc) is 3.68.